The highest BCUT2D eigenvalue weighted by Crippen LogP contribution is 2.30. The molecule has 4 heteroatoms. The summed E-state index contributed by atoms with van der Waals surface area (Å²) in [6, 6.07) is 8.09. The second kappa shape index (κ2) is 5.78. The van der Waals surface area contributed by atoms with Gasteiger partial charge in [-0.2, -0.15) is 0 Å². The first-order valence-electron chi connectivity index (χ1n) is 7.85. The van der Waals surface area contributed by atoms with Crippen molar-refractivity contribution in [3.63, 3.8) is 0 Å². The third-order valence-corrected chi connectivity index (χ3v) is 4.82. The first-order valence-corrected chi connectivity index (χ1v) is 7.85. The molecule has 1 aromatic carbocycles. The number of hydrogen-bond acceptors (Lipinski definition) is 3. The molecular weight excluding hydrogens is 264 g/mol. The second-order valence-electron chi connectivity index (χ2n) is 6.53. The number of fused-ring (bicyclic) bond motifs is 1. The van der Waals surface area contributed by atoms with Crippen molar-refractivity contribution in [1.82, 2.24) is 10.2 Å². The van der Waals surface area contributed by atoms with Gasteiger partial charge in [0.15, 0.2) is 0 Å². The van der Waals surface area contributed by atoms with Gasteiger partial charge >= 0.3 is 0 Å². The summed E-state index contributed by atoms with van der Waals surface area (Å²) in [7, 11) is 1.81. The predicted octanol–water partition coefficient (Wildman–Crippen LogP) is 1.46. The van der Waals surface area contributed by atoms with Crippen molar-refractivity contribution in [2.24, 2.45) is 0 Å². The van der Waals surface area contributed by atoms with Gasteiger partial charge in [-0.25, -0.2) is 0 Å². The molecule has 1 heterocycles. The Labute approximate surface area is 126 Å². The fraction of sp³-hybridized carbons (Fsp3) is 0.588. The van der Waals surface area contributed by atoms with Gasteiger partial charge in [0.25, 0.3) is 0 Å². The molecule has 1 fully saturated rings. The molecule has 1 aromatic rings. The van der Waals surface area contributed by atoms with Gasteiger partial charge in [-0.05, 0) is 30.4 Å². The van der Waals surface area contributed by atoms with Crippen molar-refractivity contribution in [2.75, 3.05) is 13.6 Å². The third kappa shape index (κ3) is 3.11. The number of aliphatic hydroxyl groups is 1. The van der Waals surface area contributed by atoms with Gasteiger partial charge in [0.2, 0.25) is 5.91 Å². The normalized spacial score (nSPS) is 23.6. The number of rotatable bonds is 3. The Hall–Kier alpha value is -1.39. The van der Waals surface area contributed by atoms with E-state index in [1.807, 2.05) is 12.1 Å². The van der Waals surface area contributed by atoms with Gasteiger partial charge in [-0.3, -0.25) is 4.79 Å². The molecule has 0 bridgehead atoms. The minimum atomic E-state index is -0.670. The summed E-state index contributed by atoms with van der Waals surface area (Å²) in [5, 5.41) is 13.8. The van der Waals surface area contributed by atoms with Crippen LogP contribution in [0.15, 0.2) is 24.3 Å². The Morgan fingerprint density at radius 3 is 2.71 bits per heavy atom. The Kier molecular flexibility index (Phi) is 4.00. The number of hydrogen-bond donors (Lipinski definition) is 2. The summed E-state index contributed by atoms with van der Waals surface area (Å²) < 4.78 is 0. The van der Waals surface area contributed by atoms with E-state index in [-0.39, 0.29) is 11.9 Å². The van der Waals surface area contributed by atoms with Crippen molar-refractivity contribution in [3.8, 4) is 0 Å². The van der Waals surface area contributed by atoms with Crippen molar-refractivity contribution in [1.29, 1.82) is 0 Å². The van der Waals surface area contributed by atoms with E-state index in [0.717, 1.165) is 38.6 Å². The quantitative estimate of drug-likeness (QED) is 0.885. The summed E-state index contributed by atoms with van der Waals surface area (Å²) in [4.78, 5) is 14.3. The van der Waals surface area contributed by atoms with Gasteiger partial charge in [0.1, 0.15) is 0 Å². The van der Waals surface area contributed by atoms with Crippen LogP contribution in [0.1, 0.15) is 36.8 Å². The Balaban J connectivity index is 1.63. The minimum Gasteiger partial charge on any atom is -0.388 e. The zero-order valence-electron chi connectivity index (χ0n) is 12.6. The van der Waals surface area contributed by atoms with Crippen molar-refractivity contribution in [2.45, 2.75) is 50.3 Å². The topological polar surface area (TPSA) is 52.6 Å². The van der Waals surface area contributed by atoms with Crippen LogP contribution >= 0.6 is 0 Å². The summed E-state index contributed by atoms with van der Waals surface area (Å²) >= 11 is 0. The maximum absolute atomic E-state index is 12.6. The SMILES string of the molecule is CN(CC1(O)CCCC1)C(=O)[C@@H]1Cc2ccccc2CN1. The van der Waals surface area contributed by atoms with E-state index in [9.17, 15) is 9.90 Å². The Bertz CT molecular complexity index is 523. The molecule has 0 spiro atoms. The molecule has 2 N–H and O–H groups in total. The maximum Gasteiger partial charge on any atom is 0.239 e. The molecule has 4 nitrogen and oxygen atoms in total. The van der Waals surface area contributed by atoms with Crippen LogP contribution in [0.25, 0.3) is 0 Å². The van der Waals surface area contributed by atoms with Crippen LogP contribution in [0.4, 0.5) is 0 Å². The Morgan fingerprint density at radius 1 is 1.33 bits per heavy atom. The van der Waals surface area contributed by atoms with Gasteiger partial charge in [0.05, 0.1) is 11.6 Å². The highest BCUT2D eigenvalue weighted by molar-refractivity contribution is 5.82. The standard InChI is InChI=1S/C17H24N2O2/c1-19(12-17(21)8-4-5-9-17)16(20)15-10-13-6-2-3-7-14(13)11-18-15/h2-3,6-7,15,18,21H,4-5,8-12H2,1H3/t15-/m0/s1. The first-order chi connectivity index (χ1) is 10.1. The van der Waals surface area contributed by atoms with Gasteiger partial charge < -0.3 is 15.3 Å². The van der Waals surface area contributed by atoms with E-state index < -0.39 is 5.60 Å². The largest absolute Gasteiger partial charge is 0.388 e. The molecule has 0 saturated heterocycles. The molecule has 21 heavy (non-hydrogen) atoms. The number of nitrogens with one attached hydrogen (secondary N) is 1. The number of amides is 1. The maximum atomic E-state index is 12.6. The van der Waals surface area contributed by atoms with Gasteiger partial charge in [-0.1, -0.05) is 37.1 Å². The van der Waals surface area contributed by atoms with Crippen LogP contribution in [0.3, 0.4) is 0 Å². The number of nitrogens with zero attached hydrogens (tertiary/aromatic N) is 1. The van der Waals surface area contributed by atoms with E-state index in [2.05, 4.69) is 17.4 Å². The first kappa shape index (κ1) is 14.5. The van der Waals surface area contributed by atoms with Crippen LogP contribution in [0.2, 0.25) is 0 Å². The van der Waals surface area contributed by atoms with E-state index in [1.54, 1.807) is 11.9 Å². The molecule has 1 saturated carbocycles. The lowest BCUT2D eigenvalue weighted by molar-refractivity contribution is -0.135. The zero-order valence-corrected chi connectivity index (χ0v) is 12.6. The zero-order chi connectivity index (χ0) is 14.9. The monoisotopic (exact) mass is 288 g/mol. The summed E-state index contributed by atoms with van der Waals surface area (Å²) in [6.07, 6.45) is 4.48. The number of carbonyl (C=O) groups excluding carboxylic acids is 1. The van der Waals surface area contributed by atoms with Crippen LogP contribution in [-0.2, 0) is 17.8 Å². The van der Waals surface area contributed by atoms with Gasteiger partial charge in [-0.15, -0.1) is 0 Å². The van der Waals surface area contributed by atoms with Crippen molar-refractivity contribution < 1.29 is 9.90 Å². The lowest BCUT2D eigenvalue weighted by Gasteiger charge is -2.33. The molecule has 114 valence electrons. The van der Waals surface area contributed by atoms with Crippen LogP contribution in [0, 0.1) is 0 Å². The average molecular weight is 288 g/mol. The fourth-order valence-electron chi connectivity index (χ4n) is 3.61. The summed E-state index contributed by atoms with van der Waals surface area (Å²) in [6.45, 7) is 1.19. The number of carbonyl (C=O) groups is 1. The molecule has 1 atom stereocenters. The predicted molar refractivity (Wildman–Crippen MR) is 81.8 cm³/mol. The highest BCUT2D eigenvalue weighted by atomic mass is 16.3. The van der Waals surface area contributed by atoms with E-state index in [0.29, 0.717) is 6.54 Å². The van der Waals surface area contributed by atoms with Crippen molar-refractivity contribution >= 4 is 5.91 Å². The molecule has 1 aliphatic heterocycles. The van der Waals surface area contributed by atoms with Crippen LogP contribution in [-0.4, -0.2) is 41.1 Å². The van der Waals surface area contributed by atoms with E-state index >= 15 is 0 Å². The number of likely N-dealkylation sites (N-methyl/N-ethyl adjacent to an activating group) is 1. The molecule has 3 rings (SSSR count). The Morgan fingerprint density at radius 2 is 2.00 bits per heavy atom. The molecule has 0 radical (unpaired) electrons. The van der Waals surface area contributed by atoms with E-state index in [1.165, 1.54) is 11.1 Å². The molecule has 1 aliphatic carbocycles. The third-order valence-electron chi connectivity index (χ3n) is 4.82. The van der Waals surface area contributed by atoms with Crippen molar-refractivity contribution in [3.05, 3.63) is 35.4 Å². The average Bonchev–Trinajstić information content (AvgIpc) is 2.92. The molecule has 1 amide bonds. The minimum absolute atomic E-state index is 0.0878. The van der Waals surface area contributed by atoms with Gasteiger partial charge in [0, 0.05) is 20.1 Å². The van der Waals surface area contributed by atoms with Crippen LogP contribution in [0.5, 0.6) is 0 Å². The second-order valence-corrected chi connectivity index (χ2v) is 6.53. The lowest BCUT2D eigenvalue weighted by atomic mass is 9.94. The molecular formula is C17H24N2O2. The highest BCUT2D eigenvalue weighted by Gasteiger charge is 2.35. The summed E-state index contributed by atoms with van der Waals surface area (Å²) in [5.41, 5.74) is 1.86. The molecule has 0 unspecified atom stereocenters. The molecule has 2 aliphatic rings. The van der Waals surface area contributed by atoms with Crippen LogP contribution < -0.4 is 5.32 Å². The molecule has 0 aromatic heterocycles. The smallest absolute Gasteiger partial charge is 0.239 e. The lowest BCUT2D eigenvalue weighted by Crippen LogP contribution is -2.51. The number of benzene rings is 1. The fourth-order valence-corrected chi connectivity index (χ4v) is 3.61. The van der Waals surface area contributed by atoms with E-state index in [4.69, 9.17) is 0 Å². The summed E-state index contributed by atoms with van der Waals surface area (Å²) in [5.74, 6) is 0.0878.